The summed E-state index contributed by atoms with van der Waals surface area (Å²) in [5.41, 5.74) is -0.559. The van der Waals surface area contributed by atoms with Crippen LogP contribution in [0.1, 0.15) is 11.8 Å². The number of rotatable bonds is 3. The minimum atomic E-state index is -3.59. The van der Waals surface area contributed by atoms with Crippen molar-refractivity contribution in [2.45, 2.75) is 17.2 Å². The molecule has 2 fully saturated rings. The lowest BCUT2D eigenvalue weighted by atomic mass is 9.81. The van der Waals surface area contributed by atoms with Crippen molar-refractivity contribution < 1.29 is 17.6 Å². The number of fused-ring (bicyclic) bond motifs is 1. The average molecular weight is 336 g/mol. The van der Waals surface area contributed by atoms with E-state index in [0.29, 0.717) is 31.5 Å². The van der Waals surface area contributed by atoms with E-state index in [2.05, 4.69) is 15.2 Å². The van der Waals surface area contributed by atoms with Crippen molar-refractivity contribution in [3.8, 4) is 0 Å². The summed E-state index contributed by atoms with van der Waals surface area (Å²) in [4.78, 5) is 4.09. The summed E-state index contributed by atoms with van der Waals surface area (Å²) in [6.45, 7) is 3.24. The molecule has 23 heavy (non-hydrogen) atoms. The number of hydrogen-bond acceptors (Lipinski definition) is 7. The lowest BCUT2D eigenvalue weighted by Gasteiger charge is -2.22. The largest absolute Gasteiger partial charge is 0.425 e. The molecule has 2 saturated heterocycles. The van der Waals surface area contributed by atoms with Crippen LogP contribution >= 0.6 is 0 Å². The third kappa shape index (κ3) is 2.19. The molecule has 0 N–H and O–H groups in total. The Morgan fingerprint density at radius 1 is 1.39 bits per heavy atom. The fraction of sp³-hybridized carbons (Fsp3) is 0.500. The van der Waals surface area contributed by atoms with E-state index in [9.17, 15) is 8.42 Å². The van der Waals surface area contributed by atoms with E-state index < -0.39 is 15.4 Å². The van der Waals surface area contributed by atoms with Crippen molar-refractivity contribution in [2.75, 3.05) is 26.3 Å². The molecule has 2 aliphatic rings. The first-order chi connectivity index (χ1) is 11.0. The molecule has 8 nitrogen and oxygen atoms in total. The van der Waals surface area contributed by atoms with Crippen LogP contribution in [0.4, 0.5) is 0 Å². The molecular weight excluding hydrogens is 320 g/mol. The van der Waals surface area contributed by atoms with E-state index in [1.165, 1.54) is 10.5 Å². The molecule has 0 spiro atoms. The number of aromatic nitrogens is 3. The second-order valence-corrected chi connectivity index (χ2v) is 7.92. The molecule has 2 atom stereocenters. The molecule has 2 aromatic heterocycles. The molecule has 0 bridgehead atoms. The van der Waals surface area contributed by atoms with Gasteiger partial charge in [0.15, 0.2) is 0 Å². The molecule has 2 aromatic rings. The van der Waals surface area contributed by atoms with E-state index in [1.54, 1.807) is 25.3 Å². The first kappa shape index (κ1) is 14.7. The van der Waals surface area contributed by atoms with Crippen molar-refractivity contribution in [1.29, 1.82) is 0 Å². The molecule has 9 heteroatoms. The van der Waals surface area contributed by atoms with Crippen LogP contribution in [0.25, 0.3) is 0 Å². The van der Waals surface area contributed by atoms with Crippen molar-refractivity contribution in [2.24, 2.45) is 5.92 Å². The van der Waals surface area contributed by atoms with Gasteiger partial charge in [-0.2, -0.15) is 4.31 Å². The molecule has 4 heterocycles. The fourth-order valence-corrected chi connectivity index (χ4v) is 4.84. The molecule has 0 aliphatic carbocycles. The quantitative estimate of drug-likeness (QED) is 0.798. The first-order valence-corrected chi connectivity index (χ1v) is 8.75. The minimum Gasteiger partial charge on any atom is -0.425 e. The Morgan fingerprint density at radius 3 is 2.96 bits per heavy atom. The molecule has 122 valence electrons. The Balaban J connectivity index is 1.70. The van der Waals surface area contributed by atoms with Gasteiger partial charge in [-0.05, 0) is 12.1 Å². The normalized spacial score (nSPS) is 28.1. The molecular formula is C14H16N4O4S. The summed E-state index contributed by atoms with van der Waals surface area (Å²) in [5, 5.41) is 8.00. The highest BCUT2D eigenvalue weighted by Crippen LogP contribution is 2.44. The van der Waals surface area contributed by atoms with Gasteiger partial charge in [0.25, 0.3) is 0 Å². The van der Waals surface area contributed by atoms with E-state index in [0.717, 1.165) is 0 Å². The fourth-order valence-electron chi connectivity index (χ4n) is 3.32. The molecule has 0 aromatic carbocycles. The lowest BCUT2D eigenvalue weighted by molar-refractivity contribution is 0.155. The summed E-state index contributed by atoms with van der Waals surface area (Å²) >= 11 is 0. The lowest BCUT2D eigenvalue weighted by Crippen LogP contribution is -2.37. The Kier molecular flexibility index (Phi) is 3.26. The van der Waals surface area contributed by atoms with Gasteiger partial charge in [0.2, 0.25) is 21.8 Å². The van der Waals surface area contributed by atoms with Gasteiger partial charge >= 0.3 is 0 Å². The highest BCUT2D eigenvalue weighted by atomic mass is 32.2. The zero-order chi connectivity index (χ0) is 16.1. The second kappa shape index (κ2) is 5.08. The summed E-state index contributed by atoms with van der Waals surface area (Å²) in [6, 6.07) is 3.17. The van der Waals surface area contributed by atoms with Gasteiger partial charge in [0.1, 0.15) is 4.90 Å². The highest BCUT2D eigenvalue weighted by Gasteiger charge is 2.57. The van der Waals surface area contributed by atoms with Crippen LogP contribution in [0.15, 0.2) is 33.8 Å². The van der Waals surface area contributed by atoms with Gasteiger partial charge in [0, 0.05) is 38.3 Å². The Morgan fingerprint density at radius 2 is 2.26 bits per heavy atom. The number of hydrogen-bond donors (Lipinski definition) is 0. The first-order valence-electron chi connectivity index (χ1n) is 7.31. The summed E-state index contributed by atoms with van der Waals surface area (Å²) in [5.74, 6) is 0.934. The predicted octanol–water partition coefficient (Wildman–Crippen LogP) is 0.362. The zero-order valence-electron chi connectivity index (χ0n) is 12.5. The van der Waals surface area contributed by atoms with E-state index >= 15 is 0 Å². The van der Waals surface area contributed by atoms with Crippen LogP contribution in [0.3, 0.4) is 0 Å². The summed E-state index contributed by atoms with van der Waals surface area (Å²) in [6.07, 6.45) is 2.91. The van der Waals surface area contributed by atoms with Gasteiger partial charge in [-0.3, -0.25) is 4.98 Å². The minimum absolute atomic E-state index is 0.00814. The SMILES string of the molecule is Cc1nnc([C@]23COC[C@H]2CN(S(=O)(=O)c2cccnc2)C3)o1. The Hall–Kier alpha value is -1.84. The summed E-state index contributed by atoms with van der Waals surface area (Å²) in [7, 11) is -3.59. The molecule has 0 unspecified atom stereocenters. The van der Waals surface area contributed by atoms with Gasteiger partial charge in [0.05, 0.1) is 18.6 Å². The topological polar surface area (TPSA) is 98.4 Å². The standard InChI is InChI=1S/C14H16N4O4S/c1-10-16-17-13(22-10)14-8-18(6-11(14)7-21-9-14)23(19,20)12-3-2-4-15-5-12/h2-5,11H,6-9H2,1H3/t11-,14-/m1/s1. The van der Waals surface area contributed by atoms with Gasteiger partial charge in [-0.15, -0.1) is 10.2 Å². The monoisotopic (exact) mass is 336 g/mol. The van der Waals surface area contributed by atoms with Crippen molar-refractivity contribution in [3.63, 3.8) is 0 Å². The number of aryl methyl sites for hydroxylation is 1. The Labute approximate surface area is 133 Å². The number of nitrogens with zero attached hydrogens (tertiary/aromatic N) is 4. The van der Waals surface area contributed by atoms with Crippen molar-refractivity contribution in [1.82, 2.24) is 19.5 Å². The summed E-state index contributed by atoms with van der Waals surface area (Å²) < 4.78 is 38.3. The van der Waals surface area contributed by atoms with E-state index in [4.69, 9.17) is 9.15 Å². The van der Waals surface area contributed by atoms with Crippen LogP contribution in [0.5, 0.6) is 0 Å². The molecule has 0 radical (unpaired) electrons. The predicted molar refractivity (Wildman–Crippen MR) is 78.0 cm³/mol. The van der Waals surface area contributed by atoms with E-state index in [-0.39, 0.29) is 17.4 Å². The molecule has 0 saturated carbocycles. The highest BCUT2D eigenvalue weighted by molar-refractivity contribution is 7.89. The maximum atomic E-state index is 12.8. The molecule has 2 aliphatic heterocycles. The van der Waals surface area contributed by atoms with Gasteiger partial charge in [-0.1, -0.05) is 0 Å². The maximum Gasteiger partial charge on any atom is 0.244 e. The number of ether oxygens (including phenoxy) is 1. The zero-order valence-corrected chi connectivity index (χ0v) is 13.4. The number of sulfonamides is 1. The second-order valence-electron chi connectivity index (χ2n) is 5.98. The third-order valence-corrected chi connectivity index (χ3v) is 6.36. The number of pyridine rings is 1. The van der Waals surface area contributed by atoms with Crippen molar-refractivity contribution in [3.05, 3.63) is 36.3 Å². The maximum absolute atomic E-state index is 12.8. The average Bonchev–Trinajstić information content (AvgIpc) is 3.21. The third-order valence-electron chi connectivity index (χ3n) is 4.57. The van der Waals surface area contributed by atoms with Crippen LogP contribution in [0.2, 0.25) is 0 Å². The molecule has 4 rings (SSSR count). The van der Waals surface area contributed by atoms with Crippen molar-refractivity contribution >= 4 is 10.0 Å². The van der Waals surface area contributed by atoms with E-state index in [1.807, 2.05) is 0 Å². The van der Waals surface area contributed by atoms with Gasteiger partial charge in [-0.25, -0.2) is 8.42 Å². The van der Waals surface area contributed by atoms with Crippen LogP contribution in [0, 0.1) is 12.8 Å². The van der Waals surface area contributed by atoms with Gasteiger partial charge < -0.3 is 9.15 Å². The molecule has 0 amide bonds. The van der Waals surface area contributed by atoms with Crippen LogP contribution in [-0.4, -0.2) is 54.2 Å². The Bertz CT molecular complexity index is 822. The van der Waals surface area contributed by atoms with Crippen LogP contribution in [-0.2, 0) is 20.2 Å². The smallest absolute Gasteiger partial charge is 0.244 e. The van der Waals surface area contributed by atoms with Crippen LogP contribution < -0.4 is 0 Å².